The van der Waals surface area contributed by atoms with Crippen LogP contribution >= 0.6 is 0 Å². The van der Waals surface area contributed by atoms with Crippen molar-refractivity contribution in [1.82, 2.24) is 0 Å². The molecule has 1 heterocycles. The summed E-state index contributed by atoms with van der Waals surface area (Å²) in [6, 6.07) is 7.04. The van der Waals surface area contributed by atoms with Gasteiger partial charge in [0.25, 0.3) is 0 Å². The Morgan fingerprint density at radius 1 is 1.26 bits per heavy atom. The molecule has 1 aromatic heterocycles. The third kappa shape index (κ3) is 3.97. The van der Waals surface area contributed by atoms with E-state index in [9.17, 15) is 14.0 Å². The first-order chi connectivity index (χ1) is 10.7. The quantitative estimate of drug-likeness (QED) is 0.793. The van der Waals surface area contributed by atoms with Crippen molar-refractivity contribution >= 4 is 18.1 Å². The fourth-order valence-electron chi connectivity index (χ4n) is 1.98. The molecule has 1 aromatic carbocycles. The number of nitrogens with zero attached hydrogens (tertiary/aromatic N) is 1. The minimum atomic E-state index is -0.672. The molecule has 2 rings (SSSR count). The van der Waals surface area contributed by atoms with Gasteiger partial charge in [-0.2, -0.15) is 0 Å². The summed E-state index contributed by atoms with van der Waals surface area (Å²) >= 11 is 0. The highest BCUT2D eigenvalue weighted by molar-refractivity contribution is 5.93. The van der Waals surface area contributed by atoms with Crippen molar-refractivity contribution in [3.05, 3.63) is 41.9 Å². The summed E-state index contributed by atoms with van der Waals surface area (Å²) in [5, 5.41) is 0. The van der Waals surface area contributed by atoms with Gasteiger partial charge in [0.15, 0.2) is 12.0 Å². The summed E-state index contributed by atoms with van der Waals surface area (Å²) in [5.74, 6) is 0.00836. The number of furan rings is 1. The van der Waals surface area contributed by atoms with E-state index in [1.807, 2.05) is 0 Å². The highest BCUT2D eigenvalue weighted by atomic mass is 19.1. The molecule has 5 nitrogen and oxygen atoms in total. The molecule has 0 aliphatic heterocycles. The summed E-state index contributed by atoms with van der Waals surface area (Å²) in [7, 11) is 1.48. The first kappa shape index (κ1) is 16.7. The number of halogens is 1. The molecule has 122 valence electrons. The normalized spacial score (nSPS) is 11.2. The Kier molecular flexibility index (Phi) is 4.54. The highest BCUT2D eigenvalue weighted by Gasteiger charge is 2.23. The maximum absolute atomic E-state index is 13.6. The van der Waals surface area contributed by atoms with Gasteiger partial charge in [0, 0.05) is 12.6 Å². The lowest BCUT2D eigenvalue weighted by Crippen LogP contribution is -2.34. The maximum Gasteiger partial charge on any atom is 0.414 e. The topological polar surface area (TPSA) is 59.8 Å². The van der Waals surface area contributed by atoms with Crippen molar-refractivity contribution in [3.63, 3.8) is 0 Å². The van der Waals surface area contributed by atoms with Gasteiger partial charge in [0.05, 0.1) is 5.69 Å². The Morgan fingerprint density at radius 2 is 1.96 bits per heavy atom. The van der Waals surface area contributed by atoms with Crippen LogP contribution in [0.25, 0.3) is 11.3 Å². The molecule has 0 aliphatic rings. The van der Waals surface area contributed by atoms with Gasteiger partial charge in [-0.05, 0) is 51.1 Å². The van der Waals surface area contributed by atoms with Crippen LogP contribution in [-0.4, -0.2) is 25.0 Å². The fraction of sp³-hybridized carbons (Fsp3) is 0.294. The lowest BCUT2D eigenvalue weighted by Gasteiger charge is -2.25. The van der Waals surface area contributed by atoms with Gasteiger partial charge in [-0.25, -0.2) is 9.18 Å². The van der Waals surface area contributed by atoms with E-state index in [-0.39, 0.29) is 11.4 Å². The Hall–Kier alpha value is -2.63. The number of aldehydes is 1. The van der Waals surface area contributed by atoms with Crippen LogP contribution in [0.3, 0.4) is 0 Å². The summed E-state index contributed by atoms with van der Waals surface area (Å²) < 4.78 is 24.3. The first-order valence-electron chi connectivity index (χ1n) is 7.03. The second-order valence-corrected chi connectivity index (χ2v) is 6.02. The molecule has 0 N–H and O–H groups in total. The minimum absolute atomic E-state index is 0.148. The van der Waals surface area contributed by atoms with Crippen LogP contribution in [-0.2, 0) is 4.74 Å². The van der Waals surface area contributed by atoms with Crippen LogP contribution in [0.2, 0.25) is 0 Å². The van der Waals surface area contributed by atoms with Crippen molar-refractivity contribution in [3.8, 4) is 11.3 Å². The molecule has 6 heteroatoms. The maximum atomic E-state index is 13.6. The lowest BCUT2D eigenvalue weighted by molar-refractivity contribution is 0.0589. The van der Waals surface area contributed by atoms with Crippen molar-refractivity contribution in [2.24, 2.45) is 0 Å². The number of hydrogen-bond donors (Lipinski definition) is 0. The van der Waals surface area contributed by atoms with Gasteiger partial charge in [0.2, 0.25) is 0 Å². The van der Waals surface area contributed by atoms with Gasteiger partial charge < -0.3 is 9.15 Å². The summed E-state index contributed by atoms with van der Waals surface area (Å²) in [5.41, 5.74) is 0.0905. The van der Waals surface area contributed by atoms with Crippen molar-refractivity contribution in [1.29, 1.82) is 0 Å². The molecule has 2 aromatic rings. The molecule has 0 unspecified atom stereocenters. The second-order valence-electron chi connectivity index (χ2n) is 6.02. The molecule has 0 saturated heterocycles. The molecule has 1 amide bonds. The molecule has 0 bridgehead atoms. The van der Waals surface area contributed by atoms with Crippen LogP contribution in [0, 0.1) is 5.82 Å². The summed E-state index contributed by atoms with van der Waals surface area (Å²) in [6.07, 6.45) is -0.0453. The summed E-state index contributed by atoms with van der Waals surface area (Å²) in [6.45, 7) is 5.23. The average molecular weight is 319 g/mol. The third-order valence-electron chi connectivity index (χ3n) is 3.00. The largest absolute Gasteiger partial charge is 0.453 e. The number of hydrogen-bond acceptors (Lipinski definition) is 4. The molecule has 0 saturated carbocycles. The molecular weight excluding hydrogens is 301 g/mol. The van der Waals surface area contributed by atoms with Crippen LogP contribution in [0.15, 0.2) is 34.7 Å². The molecule has 0 spiro atoms. The van der Waals surface area contributed by atoms with Crippen LogP contribution in [0.5, 0.6) is 0 Å². The molecule has 0 aliphatic carbocycles. The van der Waals surface area contributed by atoms with Crippen molar-refractivity contribution < 1.29 is 23.1 Å². The standard InChI is InChI=1S/C17H18FNO4/c1-17(2,3)23-16(21)19(4)14-9-11(18)5-7-13(14)15-8-6-12(10-20)22-15/h5-10H,1-4H3. The average Bonchev–Trinajstić information content (AvgIpc) is 2.93. The number of rotatable bonds is 3. The number of ether oxygens (including phenoxy) is 1. The van der Waals surface area contributed by atoms with E-state index in [4.69, 9.17) is 9.15 Å². The van der Waals surface area contributed by atoms with E-state index in [2.05, 4.69) is 0 Å². The Bertz CT molecular complexity index is 730. The van der Waals surface area contributed by atoms with Crippen LogP contribution in [0.4, 0.5) is 14.9 Å². The van der Waals surface area contributed by atoms with Gasteiger partial charge in [-0.3, -0.25) is 9.69 Å². The number of benzene rings is 1. The van der Waals surface area contributed by atoms with Crippen molar-refractivity contribution in [2.75, 3.05) is 11.9 Å². The predicted molar refractivity (Wildman–Crippen MR) is 84.1 cm³/mol. The van der Waals surface area contributed by atoms with E-state index < -0.39 is 17.5 Å². The number of anilines is 1. The zero-order valence-corrected chi connectivity index (χ0v) is 13.4. The monoisotopic (exact) mass is 319 g/mol. The Morgan fingerprint density at radius 3 is 2.52 bits per heavy atom. The number of carbonyl (C=O) groups is 2. The molecular formula is C17H18FNO4. The van der Waals surface area contributed by atoms with E-state index in [1.54, 1.807) is 26.8 Å². The number of amides is 1. The number of carbonyl (C=O) groups excluding carboxylic acids is 2. The zero-order chi connectivity index (χ0) is 17.2. The fourth-order valence-corrected chi connectivity index (χ4v) is 1.98. The molecule has 0 radical (unpaired) electrons. The highest BCUT2D eigenvalue weighted by Crippen LogP contribution is 2.33. The van der Waals surface area contributed by atoms with Crippen molar-refractivity contribution in [2.45, 2.75) is 26.4 Å². The van der Waals surface area contributed by atoms with E-state index in [1.165, 1.54) is 36.2 Å². The SMILES string of the molecule is CN(C(=O)OC(C)(C)C)c1cc(F)ccc1-c1ccc(C=O)o1. The smallest absolute Gasteiger partial charge is 0.414 e. The minimum Gasteiger partial charge on any atom is -0.453 e. The van der Waals surface area contributed by atoms with Gasteiger partial charge in [0.1, 0.15) is 17.2 Å². The van der Waals surface area contributed by atoms with E-state index in [0.29, 0.717) is 17.6 Å². The Labute approximate surface area is 133 Å². The van der Waals surface area contributed by atoms with Crippen LogP contribution < -0.4 is 4.90 Å². The van der Waals surface area contributed by atoms with E-state index in [0.717, 1.165) is 0 Å². The van der Waals surface area contributed by atoms with Crippen LogP contribution in [0.1, 0.15) is 31.3 Å². The van der Waals surface area contributed by atoms with Gasteiger partial charge in [-0.1, -0.05) is 0 Å². The lowest BCUT2D eigenvalue weighted by atomic mass is 10.1. The first-order valence-corrected chi connectivity index (χ1v) is 7.03. The van der Waals surface area contributed by atoms with Gasteiger partial charge in [-0.15, -0.1) is 0 Å². The summed E-state index contributed by atoms with van der Waals surface area (Å²) in [4.78, 5) is 24.2. The second kappa shape index (κ2) is 6.24. The molecule has 0 fully saturated rings. The van der Waals surface area contributed by atoms with Gasteiger partial charge >= 0.3 is 6.09 Å². The molecule has 23 heavy (non-hydrogen) atoms. The Balaban J connectivity index is 2.42. The zero-order valence-electron chi connectivity index (χ0n) is 13.4. The third-order valence-corrected chi connectivity index (χ3v) is 3.00. The van der Waals surface area contributed by atoms with E-state index >= 15 is 0 Å². The predicted octanol–water partition coefficient (Wildman–Crippen LogP) is 4.27. The molecule has 0 atom stereocenters.